The molecule has 0 spiro atoms. The first kappa shape index (κ1) is 16.8. The standard InChI is InChI=1S/C16H22N2O3S/c1-22-10-8-14(19)16(21)17-11-12-4-6-13(7-5-12)18-9-2-3-15(18)20/h4-7,14,19H,2-3,8-11H2,1H3,(H,17,21)/t14-/m1/s1. The second-order valence-electron chi connectivity index (χ2n) is 5.33. The Hall–Kier alpha value is -1.53. The minimum atomic E-state index is -0.950. The molecule has 0 radical (unpaired) electrons. The van der Waals surface area contributed by atoms with Crippen LogP contribution in [0.25, 0.3) is 0 Å². The summed E-state index contributed by atoms with van der Waals surface area (Å²) >= 11 is 1.60. The molecule has 22 heavy (non-hydrogen) atoms. The van der Waals surface area contributed by atoms with Gasteiger partial charge in [-0.1, -0.05) is 12.1 Å². The van der Waals surface area contributed by atoms with Crippen molar-refractivity contribution in [3.05, 3.63) is 29.8 Å². The molecule has 2 amide bonds. The predicted octanol–water partition coefficient (Wildman–Crippen LogP) is 1.54. The fourth-order valence-electron chi connectivity index (χ4n) is 2.38. The molecule has 1 aliphatic heterocycles. The van der Waals surface area contributed by atoms with E-state index in [1.807, 2.05) is 30.5 Å². The lowest BCUT2D eigenvalue weighted by atomic mass is 10.2. The van der Waals surface area contributed by atoms with E-state index in [2.05, 4.69) is 5.32 Å². The topological polar surface area (TPSA) is 69.6 Å². The van der Waals surface area contributed by atoms with Crippen LogP contribution in [0.5, 0.6) is 0 Å². The van der Waals surface area contributed by atoms with Crippen LogP contribution in [0.3, 0.4) is 0 Å². The molecule has 0 saturated carbocycles. The van der Waals surface area contributed by atoms with Crippen LogP contribution >= 0.6 is 11.8 Å². The van der Waals surface area contributed by atoms with Crippen LogP contribution in [0.2, 0.25) is 0 Å². The summed E-state index contributed by atoms with van der Waals surface area (Å²) in [4.78, 5) is 25.2. The lowest BCUT2D eigenvalue weighted by Gasteiger charge is -2.16. The van der Waals surface area contributed by atoms with Gasteiger partial charge in [0.25, 0.3) is 0 Å². The van der Waals surface area contributed by atoms with Gasteiger partial charge in [0, 0.05) is 25.2 Å². The van der Waals surface area contributed by atoms with E-state index in [4.69, 9.17) is 0 Å². The van der Waals surface area contributed by atoms with Crippen LogP contribution in [-0.2, 0) is 16.1 Å². The predicted molar refractivity (Wildman–Crippen MR) is 88.9 cm³/mol. The molecule has 1 saturated heterocycles. The number of rotatable bonds is 7. The Morgan fingerprint density at radius 2 is 2.14 bits per heavy atom. The summed E-state index contributed by atoms with van der Waals surface area (Å²) < 4.78 is 0. The summed E-state index contributed by atoms with van der Waals surface area (Å²) in [7, 11) is 0. The molecule has 0 aliphatic carbocycles. The first-order valence-corrected chi connectivity index (χ1v) is 8.85. The third-order valence-corrected chi connectivity index (χ3v) is 4.33. The van der Waals surface area contributed by atoms with Gasteiger partial charge in [0.1, 0.15) is 6.10 Å². The molecule has 0 aromatic heterocycles. The Morgan fingerprint density at radius 3 is 2.73 bits per heavy atom. The van der Waals surface area contributed by atoms with Crippen molar-refractivity contribution in [1.29, 1.82) is 0 Å². The molecule has 6 heteroatoms. The smallest absolute Gasteiger partial charge is 0.249 e. The molecule has 0 bridgehead atoms. The highest BCUT2D eigenvalue weighted by Gasteiger charge is 2.21. The number of carbonyl (C=O) groups excluding carboxylic acids is 2. The molecule has 0 unspecified atom stereocenters. The lowest BCUT2D eigenvalue weighted by Crippen LogP contribution is -2.34. The van der Waals surface area contributed by atoms with E-state index in [1.54, 1.807) is 16.7 Å². The van der Waals surface area contributed by atoms with Crippen molar-refractivity contribution in [2.24, 2.45) is 0 Å². The van der Waals surface area contributed by atoms with Gasteiger partial charge >= 0.3 is 0 Å². The molecule has 1 fully saturated rings. The summed E-state index contributed by atoms with van der Waals surface area (Å²) in [6.07, 6.45) is 2.98. The van der Waals surface area contributed by atoms with Gasteiger partial charge in [0.05, 0.1) is 0 Å². The van der Waals surface area contributed by atoms with Gasteiger partial charge in [0.2, 0.25) is 11.8 Å². The van der Waals surface area contributed by atoms with E-state index in [0.29, 0.717) is 19.4 Å². The average molecular weight is 322 g/mol. The van der Waals surface area contributed by atoms with Crippen molar-refractivity contribution >= 4 is 29.3 Å². The zero-order valence-corrected chi connectivity index (χ0v) is 13.6. The van der Waals surface area contributed by atoms with Crippen LogP contribution in [0.1, 0.15) is 24.8 Å². The Morgan fingerprint density at radius 1 is 1.41 bits per heavy atom. The van der Waals surface area contributed by atoms with Crippen LogP contribution in [0, 0.1) is 0 Å². The highest BCUT2D eigenvalue weighted by molar-refractivity contribution is 7.98. The molecule has 1 atom stereocenters. The van der Waals surface area contributed by atoms with E-state index >= 15 is 0 Å². The van der Waals surface area contributed by atoms with Gasteiger partial charge in [-0.05, 0) is 42.5 Å². The molecule has 120 valence electrons. The summed E-state index contributed by atoms with van der Waals surface area (Å²) in [6, 6.07) is 7.59. The summed E-state index contributed by atoms with van der Waals surface area (Å²) in [6.45, 7) is 1.15. The third kappa shape index (κ3) is 4.48. The first-order valence-electron chi connectivity index (χ1n) is 7.46. The Kier molecular flexibility index (Phi) is 6.27. The quantitative estimate of drug-likeness (QED) is 0.799. The van der Waals surface area contributed by atoms with Crippen molar-refractivity contribution in [2.75, 3.05) is 23.5 Å². The fraction of sp³-hybridized carbons (Fsp3) is 0.500. The number of amides is 2. The van der Waals surface area contributed by atoms with E-state index in [9.17, 15) is 14.7 Å². The molecule has 1 heterocycles. The number of anilines is 1. The molecule has 2 N–H and O–H groups in total. The summed E-state index contributed by atoms with van der Waals surface area (Å²) in [5.74, 6) is 0.582. The number of nitrogens with one attached hydrogen (secondary N) is 1. The van der Waals surface area contributed by atoms with Crippen LogP contribution < -0.4 is 10.2 Å². The van der Waals surface area contributed by atoms with Gasteiger partial charge < -0.3 is 15.3 Å². The highest BCUT2D eigenvalue weighted by atomic mass is 32.2. The second kappa shape index (κ2) is 8.19. The molecule has 1 aromatic rings. The van der Waals surface area contributed by atoms with E-state index in [0.717, 1.165) is 30.0 Å². The number of thioether (sulfide) groups is 1. The van der Waals surface area contributed by atoms with Crippen molar-refractivity contribution < 1.29 is 14.7 Å². The lowest BCUT2D eigenvalue weighted by molar-refractivity contribution is -0.129. The van der Waals surface area contributed by atoms with Crippen LogP contribution in [0.15, 0.2) is 24.3 Å². The van der Waals surface area contributed by atoms with E-state index < -0.39 is 6.10 Å². The maximum Gasteiger partial charge on any atom is 0.249 e. The maximum atomic E-state index is 11.7. The minimum Gasteiger partial charge on any atom is -0.383 e. The minimum absolute atomic E-state index is 0.165. The third-order valence-electron chi connectivity index (χ3n) is 3.69. The average Bonchev–Trinajstić information content (AvgIpc) is 2.96. The van der Waals surface area contributed by atoms with Crippen molar-refractivity contribution in [3.63, 3.8) is 0 Å². The van der Waals surface area contributed by atoms with Gasteiger partial charge in [-0.2, -0.15) is 11.8 Å². The number of benzene rings is 1. The van der Waals surface area contributed by atoms with Crippen LogP contribution in [-0.4, -0.2) is 41.6 Å². The summed E-state index contributed by atoms with van der Waals surface area (Å²) in [5.41, 5.74) is 1.85. The van der Waals surface area contributed by atoms with Gasteiger partial charge in [-0.15, -0.1) is 0 Å². The molecule has 2 rings (SSSR count). The van der Waals surface area contributed by atoms with E-state index in [-0.39, 0.29) is 11.8 Å². The number of carbonyl (C=O) groups is 2. The molecular formula is C16H22N2O3S. The monoisotopic (exact) mass is 322 g/mol. The zero-order chi connectivity index (χ0) is 15.9. The second-order valence-corrected chi connectivity index (χ2v) is 6.32. The summed E-state index contributed by atoms with van der Waals surface area (Å²) in [5, 5.41) is 12.4. The number of aliphatic hydroxyl groups excluding tert-OH is 1. The Bertz CT molecular complexity index is 519. The maximum absolute atomic E-state index is 11.7. The van der Waals surface area contributed by atoms with Gasteiger partial charge in [-0.25, -0.2) is 0 Å². The first-order chi connectivity index (χ1) is 10.6. The van der Waals surface area contributed by atoms with E-state index in [1.165, 1.54) is 0 Å². The molecular weight excluding hydrogens is 300 g/mol. The highest BCUT2D eigenvalue weighted by Crippen LogP contribution is 2.21. The Balaban J connectivity index is 1.84. The largest absolute Gasteiger partial charge is 0.383 e. The zero-order valence-electron chi connectivity index (χ0n) is 12.7. The SMILES string of the molecule is CSCC[C@@H](O)C(=O)NCc1ccc(N2CCCC2=O)cc1. The number of hydrogen-bond donors (Lipinski definition) is 2. The van der Waals surface area contributed by atoms with Crippen molar-refractivity contribution in [1.82, 2.24) is 5.32 Å². The number of hydrogen-bond acceptors (Lipinski definition) is 4. The molecule has 1 aliphatic rings. The number of aliphatic hydroxyl groups is 1. The van der Waals surface area contributed by atoms with Crippen molar-refractivity contribution in [3.8, 4) is 0 Å². The van der Waals surface area contributed by atoms with Gasteiger partial charge in [0.15, 0.2) is 0 Å². The van der Waals surface area contributed by atoms with Crippen molar-refractivity contribution in [2.45, 2.75) is 31.9 Å². The molecule has 1 aromatic carbocycles. The normalized spacial score (nSPS) is 15.9. The van der Waals surface area contributed by atoms with Crippen LogP contribution in [0.4, 0.5) is 5.69 Å². The fourth-order valence-corrected chi connectivity index (χ4v) is 2.84. The number of nitrogens with zero attached hydrogens (tertiary/aromatic N) is 1. The van der Waals surface area contributed by atoms with Gasteiger partial charge in [-0.3, -0.25) is 9.59 Å². The molecule has 5 nitrogen and oxygen atoms in total. The Labute approximate surface area is 135 Å².